The van der Waals surface area contributed by atoms with Crippen molar-refractivity contribution >= 4 is 21.7 Å². The van der Waals surface area contributed by atoms with Gasteiger partial charge in [-0.2, -0.15) is 0 Å². The summed E-state index contributed by atoms with van der Waals surface area (Å²) < 4.78 is 6.27. The Morgan fingerprint density at radius 1 is 0.960 bits per heavy atom. The number of halogens is 1. The van der Waals surface area contributed by atoms with Gasteiger partial charge in [0.05, 0.1) is 11.6 Å². The summed E-state index contributed by atoms with van der Waals surface area (Å²) in [5, 5.41) is 0. The molecule has 0 bridgehead atoms. The fourth-order valence-corrected chi connectivity index (χ4v) is 3.74. The molecule has 2 nitrogen and oxygen atoms in total. The first kappa shape index (κ1) is 20.0. The zero-order valence-corrected chi connectivity index (χ0v) is 18.2. The lowest BCUT2D eigenvalue weighted by Gasteiger charge is -2.38. The van der Waals surface area contributed by atoms with Gasteiger partial charge in [0, 0.05) is 16.6 Å². The lowest BCUT2D eigenvalue weighted by molar-refractivity contribution is -0.114. The third-order valence-electron chi connectivity index (χ3n) is 4.77. The molecule has 0 heterocycles. The van der Waals surface area contributed by atoms with E-state index in [4.69, 9.17) is 4.74 Å². The van der Waals surface area contributed by atoms with Crippen molar-refractivity contribution in [1.29, 1.82) is 0 Å². The van der Waals surface area contributed by atoms with E-state index in [-0.39, 0.29) is 22.0 Å². The van der Waals surface area contributed by atoms with Gasteiger partial charge in [0.2, 0.25) is 0 Å². The first-order valence-electron chi connectivity index (χ1n) is 8.65. The predicted molar refractivity (Wildman–Crippen MR) is 108 cm³/mol. The van der Waals surface area contributed by atoms with Gasteiger partial charge in [-0.15, -0.1) is 0 Å². The van der Waals surface area contributed by atoms with Crippen LogP contribution in [-0.4, -0.2) is 12.9 Å². The van der Waals surface area contributed by atoms with Crippen LogP contribution in [0.1, 0.15) is 54.0 Å². The molecule has 136 valence electrons. The highest BCUT2D eigenvalue weighted by atomic mass is 79.9. The second-order valence-corrected chi connectivity index (χ2v) is 9.93. The number of ether oxygens (including phenoxy) is 1. The molecule has 3 heteroatoms. The van der Waals surface area contributed by atoms with Crippen LogP contribution in [0.4, 0.5) is 0 Å². The summed E-state index contributed by atoms with van der Waals surface area (Å²) in [6.07, 6.45) is 4.28. The van der Waals surface area contributed by atoms with Gasteiger partial charge in [0.1, 0.15) is 5.75 Å². The van der Waals surface area contributed by atoms with Gasteiger partial charge in [-0.1, -0.05) is 59.8 Å². The number of benzene rings is 1. The number of hydrogen-bond donors (Lipinski definition) is 0. The van der Waals surface area contributed by atoms with Crippen LogP contribution in [-0.2, 0) is 10.2 Å². The van der Waals surface area contributed by atoms with Crippen molar-refractivity contribution in [2.45, 2.75) is 53.9 Å². The lowest BCUT2D eigenvalue weighted by Crippen LogP contribution is -2.34. The molecule has 0 aromatic heterocycles. The number of Topliss-reactive ketones (excluding diaryl/α,β-unsaturated/α-hetero) is 1. The van der Waals surface area contributed by atoms with Crippen molar-refractivity contribution in [2.75, 3.05) is 7.11 Å². The van der Waals surface area contributed by atoms with Crippen LogP contribution in [0.5, 0.6) is 5.75 Å². The summed E-state index contributed by atoms with van der Waals surface area (Å²) in [5.41, 5.74) is 2.16. The average Bonchev–Trinajstić information content (AvgIpc) is 2.47. The van der Waals surface area contributed by atoms with Crippen LogP contribution >= 0.6 is 15.9 Å². The molecule has 1 aromatic rings. The highest BCUT2D eigenvalue weighted by Gasteiger charge is 2.39. The second-order valence-electron chi connectivity index (χ2n) is 9.08. The van der Waals surface area contributed by atoms with Crippen molar-refractivity contribution in [3.63, 3.8) is 0 Å². The Balaban J connectivity index is 2.71. The Kier molecular flexibility index (Phi) is 5.13. The number of rotatable bonds is 2. The van der Waals surface area contributed by atoms with Crippen molar-refractivity contribution in [3.05, 3.63) is 51.5 Å². The van der Waals surface area contributed by atoms with E-state index < -0.39 is 0 Å². The fourth-order valence-electron chi connectivity index (χ4n) is 3.20. The van der Waals surface area contributed by atoms with Crippen molar-refractivity contribution in [1.82, 2.24) is 0 Å². The Hall–Kier alpha value is -1.35. The topological polar surface area (TPSA) is 26.3 Å². The normalized spacial score (nSPS) is 17.9. The number of carbonyl (C=O) groups excluding carboxylic acids is 1. The maximum atomic E-state index is 13.1. The van der Waals surface area contributed by atoms with E-state index in [9.17, 15) is 4.79 Å². The minimum absolute atomic E-state index is 0.171. The molecule has 0 saturated carbocycles. The fraction of sp³-hybridized carbons (Fsp3) is 0.500. The average molecular weight is 405 g/mol. The third-order valence-corrected chi connectivity index (χ3v) is 5.39. The minimum atomic E-state index is -0.339. The Labute approximate surface area is 160 Å². The van der Waals surface area contributed by atoms with Gasteiger partial charge in [0.25, 0.3) is 0 Å². The molecule has 0 N–H and O–H groups in total. The van der Waals surface area contributed by atoms with E-state index in [1.54, 1.807) is 7.11 Å². The third kappa shape index (κ3) is 3.92. The van der Waals surface area contributed by atoms with Crippen LogP contribution in [0.3, 0.4) is 0 Å². The number of allylic oxidation sites excluding steroid dienone is 4. The summed E-state index contributed by atoms with van der Waals surface area (Å²) in [5.74, 6) is 0.976. The zero-order chi connectivity index (χ0) is 19.2. The largest absolute Gasteiger partial charge is 0.496 e. The molecular weight excluding hydrogens is 376 g/mol. The summed E-state index contributed by atoms with van der Waals surface area (Å²) in [7, 11) is 1.66. The number of ketones is 1. The molecule has 0 spiro atoms. The van der Waals surface area contributed by atoms with Gasteiger partial charge in [-0.25, -0.2) is 0 Å². The van der Waals surface area contributed by atoms with Gasteiger partial charge in [-0.05, 0) is 51.4 Å². The smallest absolute Gasteiger partial charge is 0.185 e. The Bertz CT molecular complexity index is 721. The number of carbonyl (C=O) groups is 1. The summed E-state index contributed by atoms with van der Waals surface area (Å²) in [6.45, 7) is 14.8. The van der Waals surface area contributed by atoms with E-state index in [1.165, 1.54) is 0 Å². The maximum Gasteiger partial charge on any atom is 0.185 e. The van der Waals surface area contributed by atoms with E-state index >= 15 is 0 Å². The molecule has 1 aromatic carbocycles. The Morgan fingerprint density at radius 2 is 1.44 bits per heavy atom. The highest BCUT2D eigenvalue weighted by Crippen LogP contribution is 2.45. The summed E-state index contributed by atoms with van der Waals surface area (Å²) in [6, 6.07) is 6.13. The van der Waals surface area contributed by atoms with Crippen molar-refractivity contribution < 1.29 is 9.53 Å². The van der Waals surface area contributed by atoms with E-state index in [1.807, 2.05) is 6.07 Å². The van der Waals surface area contributed by atoms with Crippen LogP contribution in [0, 0.1) is 10.8 Å². The molecule has 25 heavy (non-hydrogen) atoms. The van der Waals surface area contributed by atoms with Crippen LogP contribution < -0.4 is 4.74 Å². The predicted octanol–water partition coefficient (Wildman–Crippen LogP) is 6.24. The molecule has 0 atom stereocenters. The highest BCUT2D eigenvalue weighted by molar-refractivity contribution is 9.10. The molecule has 0 unspecified atom stereocenters. The van der Waals surface area contributed by atoms with E-state index in [0.717, 1.165) is 26.9 Å². The van der Waals surface area contributed by atoms with Gasteiger partial charge in [0.15, 0.2) is 5.78 Å². The van der Waals surface area contributed by atoms with E-state index in [2.05, 4.69) is 88.7 Å². The maximum absolute atomic E-state index is 13.1. The lowest BCUT2D eigenvalue weighted by atomic mass is 9.65. The number of methoxy groups -OCH3 is 1. The molecule has 0 aliphatic heterocycles. The second kappa shape index (κ2) is 6.42. The van der Waals surface area contributed by atoms with Gasteiger partial charge < -0.3 is 4.74 Å². The molecule has 0 fully saturated rings. The van der Waals surface area contributed by atoms with Gasteiger partial charge >= 0.3 is 0 Å². The monoisotopic (exact) mass is 404 g/mol. The first-order chi connectivity index (χ1) is 11.3. The first-order valence-corrected chi connectivity index (χ1v) is 9.44. The van der Waals surface area contributed by atoms with Crippen LogP contribution in [0.15, 0.2) is 46.0 Å². The van der Waals surface area contributed by atoms with Crippen molar-refractivity contribution in [2.24, 2.45) is 10.8 Å². The molecule has 0 saturated heterocycles. The van der Waals surface area contributed by atoms with Crippen molar-refractivity contribution in [3.8, 4) is 5.75 Å². The minimum Gasteiger partial charge on any atom is -0.496 e. The molecule has 1 aliphatic carbocycles. The van der Waals surface area contributed by atoms with E-state index in [0.29, 0.717) is 0 Å². The summed E-state index contributed by atoms with van der Waals surface area (Å²) in [4.78, 5) is 13.1. The quantitative estimate of drug-likeness (QED) is 0.582. The number of hydrogen-bond acceptors (Lipinski definition) is 2. The zero-order valence-electron chi connectivity index (χ0n) is 16.6. The Morgan fingerprint density at radius 3 is 1.80 bits per heavy atom. The van der Waals surface area contributed by atoms with Crippen LogP contribution in [0.2, 0.25) is 0 Å². The van der Waals surface area contributed by atoms with Crippen LogP contribution in [0.25, 0.3) is 0 Å². The molecule has 0 radical (unpaired) electrons. The molecule has 0 amide bonds. The molecule has 2 rings (SSSR count). The molecule has 1 aliphatic rings. The standard InChI is InChI=1S/C22H29BrO2/c1-20(2,3)15-12-22(7,13-16(19(15)24)21(4,5)6)14-9-10-18(25-8)17(23)11-14/h9-13H,1-8H3. The summed E-state index contributed by atoms with van der Waals surface area (Å²) >= 11 is 3.59. The SMILES string of the molecule is COc1ccc(C2(C)C=C(C(C)(C)C)C(=O)C(C(C)(C)C)=C2)cc1Br. The molecular formula is C22H29BrO2. The van der Waals surface area contributed by atoms with Gasteiger partial charge in [-0.3, -0.25) is 4.79 Å².